The van der Waals surface area contributed by atoms with Crippen molar-refractivity contribution in [3.63, 3.8) is 0 Å². The van der Waals surface area contributed by atoms with E-state index in [1.165, 1.54) is 43.5 Å². The molecule has 3 aromatic rings. The number of nitro groups is 1. The summed E-state index contributed by atoms with van der Waals surface area (Å²) in [5.41, 5.74) is 2.74. The monoisotopic (exact) mass is 426 g/mol. The largest absolute Gasteiger partial charge is 0.493 e. The standard InChI is InChI=1S/C22H19ClN2O5/c1-14-3-5-15(6-4-14)13-30-21-19(23)11-16(12-20(21)29-2)22(26)24-17-7-9-18(10-8-17)25(27)28/h3-12H,13H2,1-2H3,(H,24,26). The Labute approximate surface area is 178 Å². The number of carbonyl (C=O) groups excluding carboxylic acids is 1. The van der Waals surface area contributed by atoms with Crippen molar-refractivity contribution in [1.82, 2.24) is 0 Å². The normalized spacial score (nSPS) is 10.4. The van der Waals surface area contributed by atoms with E-state index in [1.54, 1.807) is 0 Å². The van der Waals surface area contributed by atoms with Gasteiger partial charge in [0.2, 0.25) is 0 Å². The van der Waals surface area contributed by atoms with Gasteiger partial charge < -0.3 is 14.8 Å². The molecule has 0 aliphatic carbocycles. The van der Waals surface area contributed by atoms with Gasteiger partial charge in [-0.15, -0.1) is 0 Å². The minimum atomic E-state index is -0.508. The molecule has 0 radical (unpaired) electrons. The minimum Gasteiger partial charge on any atom is -0.493 e. The summed E-state index contributed by atoms with van der Waals surface area (Å²) < 4.78 is 11.2. The molecule has 0 aliphatic heterocycles. The predicted molar refractivity (Wildman–Crippen MR) is 115 cm³/mol. The summed E-state index contributed by atoms with van der Waals surface area (Å²) in [6.07, 6.45) is 0. The molecular weight excluding hydrogens is 408 g/mol. The van der Waals surface area contributed by atoms with Gasteiger partial charge in [-0.1, -0.05) is 41.4 Å². The first-order chi connectivity index (χ1) is 14.4. The number of aryl methyl sites for hydroxylation is 1. The van der Waals surface area contributed by atoms with Gasteiger partial charge in [0.15, 0.2) is 11.5 Å². The fourth-order valence-corrected chi connectivity index (χ4v) is 2.97. The Balaban J connectivity index is 1.75. The fourth-order valence-electron chi connectivity index (χ4n) is 2.70. The summed E-state index contributed by atoms with van der Waals surface area (Å²) in [7, 11) is 1.46. The maximum atomic E-state index is 12.6. The van der Waals surface area contributed by atoms with Gasteiger partial charge in [-0.2, -0.15) is 0 Å². The fraction of sp³-hybridized carbons (Fsp3) is 0.136. The second kappa shape index (κ2) is 9.28. The van der Waals surface area contributed by atoms with Crippen LogP contribution in [0.1, 0.15) is 21.5 Å². The summed E-state index contributed by atoms with van der Waals surface area (Å²) in [4.78, 5) is 22.8. The van der Waals surface area contributed by atoms with E-state index >= 15 is 0 Å². The zero-order valence-electron chi connectivity index (χ0n) is 16.3. The molecule has 3 rings (SSSR count). The molecule has 0 unspecified atom stereocenters. The van der Waals surface area contributed by atoms with E-state index in [0.29, 0.717) is 23.8 Å². The van der Waals surface area contributed by atoms with Crippen LogP contribution < -0.4 is 14.8 Å². The second-order valence-corrected chi connectivity index (χ2v) is 6.93. The van der Waals surface area contributed by atoms with Gasteiger partial charge in [-0.25, -0.2) is 0 Å². The number of nitrogens with one attached hydrogen (secondary N) is 1. The first kappa shape index (κ1) is 21.1. The number of carbonyl (C=O) groups is 1. The highest BCUT2D eigenvalue weighted by atomic mass is 35.5. The molecule has 0 saturated heterocycles. The lowest BCUT2D eigenvalue weighted by Gasteiger charge is -2.14. The highest BCUT2D eigenvalue weighted by Gasteiger charge is 2.17. The van der Waals surface area contributed by atoms with E-state index < -0.39 is 10.8 Å². The SMILES string of the molecule is COc1cc(C(=O)Nc2ccc([N+](=O)[O-])cc2)cc(Cl)c1OCc1ccc(C)cc1. The van der Waals surface area contributed by atoms with Crippen LogP contribution in [0.4, 0.5) is 11.4 Å². The van der Waals surface area contributed by atoms with Gasteiger partial charge in [-0.3, -0.25) is 14.9 Å². The predicted octanol–water partition coefficient (Wildman–Crippen LogP) is 5.40. The van der Waals surface area contributed by atoms with Crippen LogP contribution in [0.3, 0.4) is 0 Å². The maximum absolute atomic E-state index is 12.6. The number of ether oxygens (including phenoxy) is 2. The van der Waals surface area contributed by atoms with Crippen molar-refractivity contribution < 1.29 is 19.2 Å². The zero-order valence-corrected chi connectivity index (χ0v) is 17.1. The van der Waals surface area contributed by atoms with Crippen molar-refractivity contribution in [2.24, 2.45) is 0 Å². The quantitative estimate of drug-likeness (QED) is 0.403. The van der Waals surface area contributed by atoms with Crippen molar-refractivity contribution in [3.05, 3.63) is 92.5 Å². The molecule has 30 heavy (non-hydrogen) atoms. The number of hydrogen-bond acceptors (Lipinski definition) is 5. The third kappa shape index (κ3) is 5.07. The van der Waals surface area contributed by atoms with Crippen molar-refractivity contribution in [1.29, 1.82) is 0 Å². The lowest BCUT2D eigenvalue weighted by atomic mass is 10.1. The van der Waals surface area contributed by atoms with Crippen molar-refractivity contribution >= 4 is 28.9 Å². The number of methoxy groups -OCH3 is 1. The average Bonchev–Trinajstić information content (AvgIpc) is 2.73. The maximum Gasteiger partial charge on any atom is 0.269 e. The number of non-ortho nitro benzene ring substituents is 1. The van der Waals surface area contributed by atoms with Crippen LogP contribution in [-0.4, -0.2) is 17.9 Å². The summed E-state index contributed by atoms with van der Waals surface area (Å²) >= 11 is 6.35. The van der Waals surface area contributed by atoms with Crippen LogP contribution in [0.2, 0.25) is 5.02 Å². The van der Waals surface area contributed by atoms with Gasteiger partial charge in [0.05, 0.1) is 17.1 Å². The first-order valence-electron chi connectivity index (χ1n) is 8.99. The first-order valence-corrected chi connectivity index (χ1v) is 9.37. The molecule has 8 heteroatoms. The highest BCUT2D eigenvalue weighted by molar-refractivity contribution is 6.32. The van der Waals surface area contributed by atoms with Crippen LogP contribution in [0, 0.1) is 17.0 Å². The topological polar surface area (TPSA) is 90.7 Å². The van der Waals surface area contributed by atoms with Gasteiger partial charge in [0, 0.05) is 23.4 Å². The Morgan fingerprint density at radius 1 is 1.10 bits per heavy atom. The smallest absolute Gasteiger partial charge is 0.269 e. The average molecular weight is 427 g/mol. The molecule has 0 aromatic heterocycles. The molecular formula is C22H19ClN2O5. The summed E-state index contributed by atoms with van der Waals surface area (Å²) in [6.45, 7) is 2.30. The van der Waals surface area contributed by atoms with Crippen LogP contribution in [0.25, 0.3) is 0 Å². The van der Waals surface area contributed by atoms with E-state index in [0.717, 1.165) is 11.1 Å². The van der Waals surface area contributed by atoms with Gasteiger partial charge in [0.1, 0.15) is 6.61 Å². The molecule has 0 saturated carbocycles. The van der Waals surface area contributed by atoms with Crippen molar-refractivity contribution in [3.8, 4) is 11.5 Å². The third-order valence-electron chi connectivity index (χ3n) is 4.33. The zero-order chi connectivity index (χ0) is 21.7. The molecule has 0 heterocycles. The molecule has 0 bridgehead atoms. The lowest BCUT2D eigenvalue weighted by Crippen LogP contribution is -2.12. The number of halogens is 1. The number of hydrogen-bond donors (Lipinski definition) is 1. The molecule has 3 aromatic carbocycles. The van der Waals surface area contributed by atoms with Crippen LogP contribution >= 0.6 is 11.6 Å². The molecule has 0 aliphatic rings. The Kier molecular flexibility index (Phi) is 6.54. The number of anilines is 1. The Bertz CT molecular complexity index is 1070. The Hall–Kier alpha value is -3.58. The molecule has 0 spiro atoms. The van der Waals surface area contributed by atoms with Gasteiger partial charge >= 0.3 is 0 Å². The number of rotatable bonds is 7. The second-order valence-electron chi connectivity index (χ2n) is 6.52. The third-order valence-corrected chi connectivity index (χ3v) is 4.61. The van der Waals surface area contributed by atoms with E-state index in [-0.39, 0.29) is 16.3 Å². The Morgan fingerprint density at radius 2 is 1.77 bits per heavy atom. The number of benzene rings is 3. The number of nitrogens with zero attached hydrogens (tertiary/aromatic N) is 1. The van der Waals surface area contributed by atoms with E-state index in [1.807, 2.05) is 31.2 Å². The van der Waals surface area contributed by atoms with Gasteiger partial charge in [0.25, 0.3) is 11.6 Å². The van der Waals surface area contributed by atoms with E-state index in [4.69, 9.17) is 21.1 Å². The van der Waals surface area contributed by atoms with Crippen molar-refractivity contribution in [2.75, 3.05) is 12.4 Å². The summed E-state index contributed by atoms with van der Waals surface area (Å²) in [6, 6.07) is 16.4. The Morgan fingerprint density at radius 3 is 2.37 bits per heavy atom. The van der Waals surface area contributed by atoms with E-state index in [2.05, 4.69) is 5.32 Å². The molecule has 1 amide bonds. The summed E-state index contributed by atoms with van der Waals surface area (Å²) in [5.74, 6) is 0.226. The van der Waals surface area contributed by atoms with Crippen LogP contribution in [0.15, 0.2) is 60.7 Å². The molecule has 0 fully saturated rings. The molecule has 1 N–H and O–H groups in total. The molecule has 7 nitrogen and oxygen atoms in total. The molecule has 0 atom stereocenters. The number of nitro benzene ring substituents is 1. The van der Waals surface area contributed by atoms with Gasteiger partial charge in [-0.05, 0) is 36.8 Å². The lowest BCUT2D eigenvalue weighted by molar-refractivity contribution is -0.384. The van der Waals surface area contributed by atoms with Crippen LogP contribution in [-0.2, 0) is 6.61 Å². The number of amides is 1. The van der Waals surface area contributed by atoms with Crippen molar-refractivity contribution in [2.45, 2.75) is 13.5 Å². The summed E-state index contributed by atoms with van der Waals surface area (Å²) in [5, 5.41) is 13.6. The minimum absolute atomic E-state index is 0.0622. The molecule has 154 valence electrons. The highest BCUT2D eigenvalue weighted by Crippen LogP contribution is 2.37. The van der Waals surface area contributed by atoms with E-state index in [9.17, 15) is 14.9 Å². The van der Waals surface area contributed by atoms with Crippen LogP contribution in [0.5, 0.6) is 11.5 Å².